The van der Waals surface area contributed by atoms with Crippen LogP contribution in [0.1, 0.15) is 41.6 Å². The van der Waals surface area contributed by atoms with Crippen LogP contribution in [0.2, 0.25) is 0 Å². The summed E-state index contributed by atoms with van der Waals surface area (Å²) in [5.74, 6) is -0.623. The molecule has 2 aliphatic rings. The van der Waals surface area contributed by atoms with Crippen LogP contribution in [0.3, 0.4) is 0 Å². The van der Waals surface area contributed by atoms with E-state index in [1.807, 2.05) is 18.2 Å². The molecule has 0 atom stereocenters. The molecule has 1 saturated heterocycles. The Morgan fingerprint density at radius 2 is 1.67 bits per heavy atom. The fourth-order valence-corrected chi connectivity index (χ4v) is 4.80. The first kappa shape index (κ1) is 29.9. The number of amidine groups is 1. The number of carbonyl (C=O) groups excluding carboxylic acids is 3. The Labute approximate surface area is 234 Å². The predicted octanol–water partition coefficient (Wildman–Crippen LogP) is 2.76. The zero-order chi connectivity index (χ0) is 27.1. The van der Waals surface area contributed by atoms with Crippen LogP contribution in [0.25, 0.3) is 11.1 Å². The summed E-state index contributed by atoms with van der Waals surface area (Å²) in [5.41, 5.74) is 8.31. The zero-order valence-corrected chi connectivity index (χ0v) is 22.8. The molecule has 4 N–H and O–H groups in total. The van der Waals surface area contributed by atoms with Gasteiger partial charge in [-0.05, 0) is 48.9 Å². The van der Waals surface area contributed by atoms with Crippen LogP contribution in [0.15, 0.2) is 42.5 Å². The Balaban J connectivity index is 0.00000420. The highest BCUT2D eigenvalue weighted by atomic mass is 35.5. The highest BCUT2D eigenvalue weighted by Crippen LogP contribution is 2.29. The molecule has 39 heavy (non-hydrogen) atoms. The maximum absolute atomic E-state index is 13.2. The van der Waals surface area contributed by atoms with Crippen LogP contribution in [-0.4, -0.2) is 74.6 Å². The van der Waals surface area contributed by atoms with Crippen molar-refractivity contribution in [2.75, 3.05) is 40.0 Å². The number of rotatable bonds is 8. The second kappa shape index (κ2) is 14.0. The molecule has 10 nitrogen and oxygen atoms in total. The van der Waals surface area contributed by atoms with Gasteiger partial charge in [0.2, 0.25) is 0 Å². The van der Waals surface area contributed by atoms with Crippen molar-refractivity contribution in [2.45, 2.75) is 31.7 Å². The Morgan fingerprint density at radius 3 is 2.28 bits per heavy atom. The Hall–Kier alpha value is -3.63. The van der Waals surface area contributed by atoms with E-state index in [2.05, 4.69) is 5.32 Å². The third-order valence-corrected chi connectivity index (χ3v) is 7.07. The van der Waals surface area contributed by atoms with Crippen LogP contribution < -0.4 is 15.8 Å². The Morgan fingerprint density at radius 1 is 1.03 bits per heavy atom. The van der Waals surface area contributed by atoms with Crippen molar-refractivity contribution in [3.63, 3.8) is 0 Å². The molecule has 210 valence electrons. The van der Waals surface area contributed by atoms with E-state index in [1.54, 1.807) is 29.2 Å². The molecule has 1 aliphatic carbocycles. The number of amides is 2. The van der Waals surface area contributed by atoms with E-state index in [1.165, 1.54) is 7.11 Å². The van der Waals surface area contributed by atoms with Gasteiger partial charge >= 0.3 is 5.97 Å². The summed E-state index contributed by atoms with van der Waals surface area (Å²) in [6, 6.07) is 12.6. The molecule has 0 unspecified atom stereocenters. The van der Waals surface area contributed by atoms with Gasteiger partial charge in [0.1, 0.15) is 11.6 Å². The topological polar surface area (TPSA) is 144 Å². The van der Waals surface area contributed by atoms with Crippen LogP contribution in [0.5, 0.6) is 5.75 Å². The van der Waals surface area contributed by atoms with Crippen LogP contribution in [-0.2, 0) is 19.1 Å². The fourth-order valence-electron chi connectivity index (χ4n) is 4.80. The lowest BCUT2D eigenvalue weighted by molar-refractivity contribution is -0.157. The number of carbonyl (C=O) groups is 3. The maximum Gasteiger partial charge on any atom is 0.309 e. The molecular formula is C28H35ClN4O6. The van der Waals surface area contributed by atoms with E-state index >= 15 is 0 Å². The minimum absolute atomic E-state index is 0. The second-order valence-electron chi connectivity index (χ2n) is 9.53. The molecule has 0 radical (unpaired) electrons. The summed E-state index contributed by atoms with van der Waals surface area (Å²) in [6.45, 7) is 1.78. The van der Waals surface area contributed by atoms with Gasteiger partial charge < -0.3 is 30.2 Å². The number of halogens is 1. The van der Waals surface area contributed by atoms with Gasteiger partial charge in [0.25, 0.3) is 11.8 Å². The highest BCUT2D eigenvalue weighted by Gasteiger charge is 2.30. The first-order valence-corrected chi connectivity index (χ1v) is 12.8. The molecule has 2 aromatic rings. The van der Waals surface area contributed by atoms with Gasteiger partial charge in [-0.25, -0.2) is 0 Å². The van der Waals surface area contributed by atoms with Gasteiger partial charge in [-0.1, -0.05) is 30.3 Å². The molecule has 0 aromatic heterocycles. The number of nitrogen functional groups attached to an aromatic ring is 1. The highest BCUT2D eigenvalue weighted by molar-refractivity contribution is 5.99. The first-order valence-electron chi connectivity index (χ1n) is 12.8. The van der Waals surface area contributed by atoms with Gasteiger partial charge in [0, 0.05) is 24.7 Å². The summed E-state index contributed by atoms with van der Waals surface area (Å²) in [4.78, 5) is 39.6. The minimum atomic E-state index is -0.360. The van der Waals surface area contributed by atoms with E-state index in [9.17, 15) is 14.4 Å². The molecular weight excluding hydrogens is 524 g/mol. The summed E-state index contributed by atoms with van der Waals surface area (Å²) < 4.78 is 16.0. The zero-order valence-electron chi connectivity index (χ0n) is 21.9. The SMILES string of the molecule is COc1ccc(-c2ccc(C(=N)N)cc2)cc1C(=O)N[C@H]1CC[C@H](C(=O)OCC(=O)N2CCOCC2)CC1.Cl. The molecule has 2 aromatic carbocycles. The summed E-state index contributed by atoms with van der Waals surface area (Å²) in [6.07, 6.45) is 2.43. The molecule has 0 bridgehead atoms. The van der Waals surface area contributed by atoms with Crippen LogP contribution >= 0.6 is 12.4 Å². The van der Waals surface area contributed by atoms with Gasteiger partial charge in [-0.2, -0.15) is 0 Å². The number of morpholine rings is 1. The van der Waals surface area contributed by atoms with Crippen LogP contribution in [0.4, 0.5) is 0 Å². The third-order valence-electron chi connectivity index (χ3n) is 7.07. The third kappa shape index (κ3) is 7.70. The number of hydrogen-bond acceptors (Lipinski definition) is 7. The fraction of sp³-hybridized carbons (Fsp3) is 0.429. The lowest BCUT2D eigenvalue weighted by Crippen LogP contribution is -2.43. The molecule has 2 fully saturated rings. The van der Waals surface area contributed by atoms with E-state index in [0.717, 1.165) is 11.1 Å². The molecule has 4 rings (SSSR count). The van der Waals surface area contributed by atoms with Gasteiger partial charge in [-0.15, -0.1) is 12.4 Å². The van der Waals surface area contributed by atoms with Crippen molar-refractivity contribution in [1.29, 1.82) is 5.41 Å². The molecule has 2 amide bonds. The predicted molar refractivity (Wildman–Crippen MR) is 148 cm³/mol. The minimum Gasteiger partial charge on any atom is -0.496 e. The normalized spacial score (nSPS) is 18.8. The van der Waals surface area contributed by atoms with E-state index in [4.69, 9.17) is 25.4 Å². The van der Waals surface area contributed by atoms with Gasteiger partial charge in [0.05, 0.1) is 31.8 Å². The molecule has 0 spiro atoms. The van der Waals surface area contributed by atoms with E-state index < -0.39 is 0 Å². The average Bonchev–Trinajstić information content (AvgIpc) is 2.96. The molecule has 1 aliphatic heterocycles. The second-order valence-corrected chi connectivity index (χ2v) is 9.53. The largest absolute Gasteiger partial charge is 0.496 e. The molecule has 11 heteroatoms. The van der Waals surface area contributed by atoms with Crippen molar-refractivity contribution < 1.29 is 28.6 Å². The summed E-state index contributed by atoms with van der Waals surface area (Å²) >= 11 is 0. The number of nitrogens with one attached hydrogen (secondary N) is 2. The summed E-state index contributed by atoms with van der Waals surface area (Å²) in [7, 11) is 1.52. The lowest BCUT2D eigenvalue weighted by Gasteiger charge is -2.29. The van der Waals surface area contributed by atoms with Crippen molar-refractivity contribution in [3.05, 3.63) is 53.6 Å². The summed E-state index contributed by atoms with van der Waals surface area (Å²) in [5, 5.41) is 10.6. The lowest BCUT2D eigenvalue weighted by atomic mass is 9.86. The number of nitrogens with zero attached hydrogens (tertiary/aromatic N) is 1. The van der Waals surface area contributed by atoms with Crippen molar-refractivity contribution in [3.8, 4) is 16.9 Å². The smallest absolute Gasteiger partial charge is 0.309 e. The quantitative estimate of drug-likeness (QED) is 0.257. The Bertz CT molecular complexity index is 1180. The van der Waals surface area contributed by atoms with Crippen molar-refractivity contribution in [2.24, 2.45) is 11.7 Å². The maximum atomic E-state index is 13.2. The average molecular weight is 559 g/mol. The monoisotopic (exact) mass is 558 g/mol. The molecule has 1 heterocycles. The number of ether oxygens (including phenoxy) is 3. The van der Waals surface area contributed by atoms with Gasteiger partial charge in [-0.3, -0.25) is 19.8 Å². The van der Waals surface area contributed by atoms with Crippen LogP contribution in [0, 0.1) is 11.3 Å². The van der Waals surface area contributed by atoms with Crippen molar-refractivity contribution in [1.82, 2.24) is 10.2 Å². The first-order chi connectivity index (χ1) is 18.4. The number of hydrogen-bond donors (Lipinski definition) is 3. The van der Waals surface area contributed by atoms with E-state index in [-0.39, 0.29) is 54.6 Å². The standard InChI is InChI=1S/C28H34N4O6.ClH/c1-36-24-11-8-21(18-2-4-19(5-3-18)26(29)30)16-23(24)27(34)31-22-9-6-20(7-10-22)28(35)38-17-25(33)32-12-14-37-15-13-32;/h2-5,8,11,16,20,22H,6-7,9-10,12-15,17H2,1H3,(H3,29,30)(H,31,34);1H/t20-,22-;. The number of nitrogens with two attached hydrogens (primary N) is 1. The number of esters is 1. The number of benzene rings is 2. The van der Waals surface area contributed by atoms with Gasteiger partial charge in [0.15, 0.2) is 6.61 Å². The van der Waals surface area contributed by atoms with E-state index in [0.29, 0.717) is 68.9 Å². The Kier molecular flexibility index (Phi) is 10.7. The van der Waals surface area contributed by atoms with Crippen molar-refractivity contribution >= 4 is 36.0 Å². The number of methoxy groups -OCH3 is 1. The molecule has 1 saturated carbocycles.